The molecule has 1 aliphatic rings. The Kier molecular flexibility index (Phi) is 6.20. The highest BCUT2D eigenvalue weighted by Crippen LogP contribution is 2.24. The molecule has 3 rings (SSSR count). The van der Waals surface area contributed by atoms with E-state index in [1.807, 2.05) is 0 Å². The van der Waals surface area contributed by atoms with Crippen LogP contribution in [-0.2, 0) is 11.2 Å². The molecule has 1 amide bonds. The van der Waals surface area contributed by atoms with E-state index in [4.69, 9.17) is 0 Å². The van der Waals surface area contributed by atoms with Crippen LogP contribution in [0.25, 0.3) is 0 Å². The zero-order valence-corrected chi connectivity index (χ0v) is 17.1. The van der Waals surface area contributed by atoms with Gasteiger partial charge in [0.15, 0.2) is 0 Å². The van der Waals surface area contributed by atoms with Crippen LogP contribution in [0.15, 0.2) is 42.5 Å². The maximum atomic E-state index is 12.5. The molecule has 0 spiro atoms. The number of hydrogen-bond donors (Lipinski definition) is 1. The third kappa shape index (κ3) is 5.12. The minimum Gasteiger partial charge on any atom is -0.372 e. The van der Waals surface area contributed by atoms with E-state index in [-0.39, 0.29) is 11.9 Å². The lowest BCUT2D eigenvalue weighted by Crippen LogP contribution is -2.32. The minimum absolute atomic E-state index is 0.0121. The van der Waals surface area contributed by atoms with Gasteiger partial charge in [-0.3, -0.25) is 4.79 Å². The molecule has 0 aliphatic carbocycles. The summed E-state index contributed by atoms with van der Waals surface area (Å²) in [4.78, 5) is 15.0. The van der Waals surface area contributed by atoms with Crippen molar-refractivity contribution in [2.24, 2.45) is 5.92 Å². The van der Waals surface area contributed by atoms with E-state index in [0.717, 1.165) is 30.1 Å². The molecule has 1 aliphatic heterocycles. The molecule has 1 unspecified atom stereocenters. The van der Waals surface area contributed by atoms with Crippen molar-refractivity contribution in [3.63, 3.8) is 0 Å². The van der Waals surface area contributed by atoms with Crippen molar-refractivity contribution >= 4 is 11.6 Å². The Morgan fingerprint density at radius 3 is 2.44 bits per heavy atom. The number of benzene rings is 2. The molecular formula is C24H32N2O. The standard InChI is InChI=1S/C24H32N2O/c1-17-11-13-26(14-12-17)23-9-7-21(8-10-23)20(4)25-24(27)16-22-15-18(2)5-6-19(22)3/h5-10,15,17,20H,11-14,16H2,1-4H3,(H,25,27). The molecule has 0 aromatic heterocycles. The Labute approximate surface area is 163 Å². The number of hydrogen-bond acceptors (Lipinski definition) is 2. The summed E-state index contributed by atoms with van der Waals surface area (Å²) in [6.45, 7) is 10.8. The number of carbonyl (C=O) groups excluding carboxylic acids is 1. The maximum Gasteiger partial charge on any atom is 0.224 e. The molecule has 1 fully saturated rings. The second kappa shape index (κ2) is 8.60. The van der Waals surface area contributed by atoms with Gasteiger partial charge in [0.2, 0.25) is 5.91 Å². The summed E-state index contributed by atoms with van der Waals surface area (Å²) in [5.41, 5.74) is 5.91. The fraction of sp³-hybridized carbons (Fsp3) is 0.458. The van der Waals surface area contributed by atoms with Crippen LogP contribution in [0.3, 0.4) is 0 Å². The van der Waals surface area contributed by atoms with Crippen molar-refractivity contribution in [3.05, 3.63) is 64.7 Å². The van der Waals surface area contributed by atoms with Crippen molar-refractivity contribution in [3.8, 4) is 0 Å². The fourth-order valence-electron chi connectivity index (χ4n) is 3.78. The molecule has 3 nitrogen and oxygen atoms in total. The van der Waals surface area contributed by atoms with Crippen LogP contribution in [0.4, 0.5) is 5.69 Å². The van der Waals surface area contributed by atoms with Crippen LogP contribution < -0.4 is 10.2 Å². The van der Waals surface area contributed by atoms with E-state index >= 15 is 0 Å². The summed E-state index contributed by atoms with van der Waals surface area (Å²) in [7, 11) is 0. The van der Waals surface area contributed by atoms with Gasteiger partial charge in [0, 0.05) is 18.8 Å². The fourth-order valence-corrected chi connectivity index (χ4v) is 3.78. The average Bonchev–Trinajstić information content (AvgIpc) is 2.65. The molecule has 27 heavy (non-hydrogen) atoms. The highest BCUT2D eigenvalue weighted by Gasteiger charge is 2.17. The Morgan fingerprint density at radius 2 is 1.78 bits per heavy atom. The molecule has 1 atom stereocenters. The number of amides is 1. The highest BCUT2D eigenvalue weighted by molar-refractivity contribution is 5.79. The number of rotatable bonds is 5. The zero-order valence-electron chi connectivity index (χ0n) is 17.1. The van der Waals surface area contributed by atoms with Gasteiger partial charge in [-0.05, 0) is 68.4 Å². The van der Waals surface area contributed by atoms with Gasteiger partial charge in [-0.15, -0.1) is 0 Å². The van der Waals surface area contributed by atoms with Crippen LogP contribution >= 0.6 is 0 Å². The number of piperidine rings is 1. The second-order valence-electron chi connectivity index (χ2n) is 8.16. The first-order valence-corrected chi connectivity index (χ1v) is 10.1. The van der Waals surface area contributed by atoms with Crippen molar-refractivity contribution in [1.29, 1.82) is 0 Å². The Hall–Kier alpha value is -2.29. The Bertz CT molecular complexity index is 773. The number of carbonyl (C=O) groups is 1. The number of aryl methyl sites for hydroxylation is 2. The second-order valence-corrected chi connectivity index (χ2v) is 8.16. The lowest BCUT2D eigenvalue weighted by atomic mass is 9.98. The molecule has 0 saturated carbocycles. The van der Waals surface area contributed by atoms with Crippen molar-refractivity contribution in [2.45, 2.75) is 53.0 Å². The normalized spacial score (nSPS) is 16.2. The van der Waals surface area contributed by atoms with Crippen LogP contribution in [0.5, 0.6) is 0 Å². The quantitative estimate of drug-likeness (QED) is 0.813. The molecule has 2 aromatic rings. The molecule has 144 valence electrons. The predicted molar refractivity (Wildman–Crippen MR) is 113 cm³/mol. The molecule has 1 heterocycles. The van der Waals surface area contributed by atoms with Gasteiger partial charge in [0.05, 0.1) is 12.5 Å². The first-order valence-electron chi connectivity index (χ1n) is 10.1. The Morgan fingerprint density at radius 1 is 1.11 bits per heavy atom. The highest BCUT2D eigenvalue weighted by atomic mass is 16.1. The molecule has 0 radical (unpaired) electrons. The smallest absolute Gasteiger partial charge is 0.224 e. The van der Waals surface area contributed by atoms with Crippen LogP contribution in [0.1, 0.15) is 55.0 Å². The topological polar surface area (TPSA) is 32.3 Å². The van der Waals surface area contributed by atoms with Crippen LogP contribution in [0.2, 0.25) is 0 Å². The summed E-state index contributed by atoms with van der Waals surface area (Å²) < 4.78 is 0. The summed E-state index contributed by atoms with van der Waals surface area (Å²) in [5.74, 6) is 0.915. The summed E-state index contributed by atoms with van der Waals surface area (Å²) in [6, 6.07) is 15.0. The number of nitrogens with one attached hydrogen (secondary N) is 1. The van der Waals surface area contributed by atoms with E-state index in [9.17, 15) is 4.79 Å². The van der Waals surface area contributed by atoms with Gasteiger partial charge >= 0.3 is 0 Å². The largest absolute Gasteiger partial charge is 0.372 e. The average molecular weight is 365 g/mol. The lowest BCUT2D eigenvalue weighted by Gasteiger charge is -2.32. The SMILES string of the molecule is Cc1ccc(C)c(CC(=O)NC(C)c2ccc(N3CCC(C)CC3)cc2)c1. The summed E-state index contributed by atoms with van der Waals surface area (Å²) in [5, 5.41) is 3.14. The van der Waals surface area contributed by atoms with E-state index in [2.05, 4.69) is 80.4 Å². The molecule has 1 N–H and O–H groups in total. The zero-order chi connectivity index (χ0) is 19.4. The molecule has 3 heteroatoms. The maximum absolute atomic E-state index is 12.5. The Balaban J connectivity index is 1.58. The van der Waals surface area contributed by atoms with Crippen molar-refractivity contribution in [1.82, 2.24) is 5.32 Å². The summed E-state index contributed by atoms with van der Waals surface area (Å²) >= 11 is 0. The third-order valence-electron chi connectivity index (χ3n) is 5.78. The van der Waals surface area contributed by atoms with Gasteiger partial charge in [-0.1, -0.05) is 42.8 Å². The molecule has 2 aromatic carbocycles. The van der Waals surface area contributed by atoms with E-state index in [1.165, 1.54) is 29.7 Å². The van der Waals surface area contributed by atoms with E-state index in [0.29, 0.717) is 6.42 Å². The minimum atomic E-state index is 0.0121. The molecule has 1 saturated heterocycles. The third-order valence-corrected chi connectivity index (χ3v) is 5.78. The van der Waals surface area contributed by atoms with Crippen LogP contribution in [0, 0.1) is 19.8 Å². The number of anilines is 1. The first-order chi connectivity index (χ1) is 12.9. The van der Waals surface area contributed by atoms with Gasteiger partial charge in [0.25, 0.3) is 0 Å². The van der Waals surface area contributed by atoms with Crippen molar-refractivity contribution in [2.75, 3.05) is 18.0 Å². The summed E-state index contributed by atoms with van der Waals surface area (Å²) in [6.07, 6.45) is 2.97. The number of nitrogens with zero attached hydrogens (tertiary/aromatic N) is 1. The van der Waals surface area contributed by atoms with E-state index in [1.54, 1.807) is 0 Å². The first kappa shape index (κ1) is 19.5. The van der Waals surface area contributed by atoms with Gasteiger partial charge < -0.3 is 10.2 Å². The van der Waals surface area contributed by atoms with Gasteiger partial charge in [0.1, 0.15) is 0 Å². The lowest BCUT2D eigenvalue weighted by molar-refractivity contribution is -0.121. The van der Waals surface area contributed by atoms with Crippen molar-refractivity contribution < 1.29 is 4.79 Å². The van der Waals surface area contributed by atoms with Gasteiger partial charge in [-0.2, -0.15) is 0 Å². The molecule has 0 bridgehead atoms. The predicted octanol–water partition coefficient (Wildman–Crippen LogP) is 4.96. The van der Waals surface area contributed by atoms with Crippen LogP contribution in [-0.4, -0.2) is 19.0 Å². The van der Waals surface area contributed by atoms with Gasteiger partial charge in [-0.25, -0.2) is 0 Å². The van der Waals surface area contributed by atoms with E-state index < -0.39 is 0 Å². The monoisotopic (exact) mass is 364 g/mol. The molecular weight excluding hydrogens is 332 g/mol.